The van der Waals surface area contributed by atoms with Gasteiger partial charge in [0.1, 0.15) is 5.75 Å². The fraction of sp³-hybridized carbons (Fsp3) is 0.333. The van der Waals surface area contributed by atoms with E-state index in [-0.39, 0.29) is 23.1 Å². The Balaban J connectivity index is 1.99. The Morgan fingerprint density at radius 2 is 1.74 bits per heavy atom. The molecule has 0 radical (unpaired) electrons. The van der Waals surface area contributed by atoms with Crippen LogP contribution in [0.4, 0.5) is 5.69 Å². The maximum absolute atomic E-state index is 12.6. The molecular weight excluding hydrogens is 360 g/mol. The molecule has 2 aromatic carbocycles. The van der Waals surface area contributed by atoms with Gasteiger partial charge in [-0.2, -0.15) is 0 Å². The van der Waals surface area contributed by atoms with Crippen LogP contribution < -0.4 is 15.4 Å². The fourth-order valence-electron chi connectivity index (χ4n) is 2.68. The summed E-state index contributed by atoms with van der Waals surface area (Å²) < 4.78 is 5.41. The van der Waals surface area contributed by atoms with E-state index in [1.807, 2.05) is 63.2 Å². The number of carbonyl (C=O) groups excluding carboxylic acids is 2. The maximum atomic E-state index is 12.6. The van der Waals surface area contributed by atoms with E-state index in [2.05, 4.69) is 10.6 Å². The van der Waals surface area contributed by atoms with Crippen molar-refractivity contribution in [3.05, 3.63) is 53.6 Å². The summed E-state index contributed by atoms with van der Waals surface area (Å²) in [6.07, 6.45) is 0. The first-order valence-electron chi connectivity index (χ1n) is 8.79. The van der Waals surface area contributed by atoms with E-state index in [4.69, 9.17) is 4.74 Å². The number of nitrogens with one attached hydrogen (secondary N) is 2. The molecule has 0 bridgehead atoms. The van der Waals surface area contributed by atoms with Crippen molar-refractivity contribution in [2.45, 2.75) is 43.9 Å². The van der Waals surface area contributed by atoms with E-state index in [1.54, 1.807) is 7.11 Å². The second-order valence-corrected chi connectivity index (χ2v) is 7.86. The number of ether oxygens (including phenoxy) is 1. The highest BCUT2D eigenvalue weighted by Gasteiger charge is 2.19. The number of rotatable bonds is 7. The van der Waals surface area contributed by atoms with Gasteiger partial charge in [0.15, 0.2) is 0 Å². The van der Waals surface area contributed by atoms with Crippen LogP contribution in [0, 0.1) is 6.92 Å². The fourth-order valence-corrected chi connectivity index (χ4v) is 3.55. The van der Waals surface area contributed by atoms with Crippen LogP contribution in [-0.4, -0.2) is 24.2 Å². The lowest BCUT2D eigenvalue weighted by Crippen LogP contribution is -2.33. The lowest BCUT2D eigenvalue weighted by atomic mass is 10.0. The van der Waals surface area contributed by atoms with Gasteiger partial charge in [-0.15, -0.1) is 11.8 Å². The van der Waals surface area contributed by atoms with Crippen molar-refractivity contribution in [1.29, 1.82) is 0 Å². The molecule has 0 saturated heterocycles. The first kappa shape index (κ1) is 20.8. The predicted molar refractivity (Wildman–Crippen MR) is 110 cm³/mol. The van der Waals surface area contributed by atoms with Gasteiger partial charge < -0.3 is 15.4 Å². The van der Waals surface area contributed by atoms with Gasteiger partial charge in [-0.05, 0) is 51.1 Å². The van der Waals surface area contributed by atoms with E-state index < -0.39 is 0 Å². The van der Waals surface area contributed by atoms with E-state index in [0.29, 0.717) is 0 Å². The number of carbonyl (C=O) groups is 2. The number of thioether (sulfide) groups is 1. The molecule has 0 heterocycles. The Morgan fingerprint density at radius 1 is 1.07 bits per heavy atom. The summed E-state index contributed by atoms with van der Waals surface area (Å²) >= 11 is 1.47. The van der Waals surface area contributed by atoms with Crippen LogP contribution in [0.3, 0.4) is 0 Å². The third kappa shape index (κ3) is 6.03. The summed E-state index contributed by atoms with van der Waals surface area (Å²) in [5.41, 5.74) is 2.82. The SMILES string of the molecule is COc1ccc(C)cc1C(C)NC(=O)C(C)Sc1ccc(NC(C)=O)cc1. The van der Waals surface area contributed by atoms with Gasteiger partial charge in [0, 0.05) is 23.1 Å². The van der Waals surface area contributed by atoms with Crippen molar-refractivity contribution in [3.8, 4) is 5.75 Å². The largest absolute Gasteiger partial charge is 0.496 e. The summed E-state index contributed by atoms with van der Waals surface area (Å²) in [6.45, 7) is 7.32. The first-order chi connectivity index (χ1) is 12.8. The molecule has 0 aliphatic carbocycles. The first-order valence-corrected chi connectivity index (χ1v) is 9.67. The average molecular weight is 387 g/mol. The Morgan fingerprint density at radius 3 is 2.33 bits per heavy atom. The summed E-state index contributed by atoms with van der Waals surface area (Å²) in [5, 5.41) is 5.53. The molecule has 27 heavy (non-hydrogen) atoms. The van der Waals surface area contributed by atoms with Gasteiger partial charge in [-0.3, -0.25) is 9.59 Å². The van der Waals surface area contributed by atoms with Gasteiger partial charge in [-0.25, -0.2) is 0 Å². The normalized spacial score (nSPS) is 12.8. The number of aryl methyl sites for hydroxylation is 1. The summed E-state index contributed by atoms with van der Waals surface area (Å²) in [5.74, 6) is 0.618. The Kier molecular flexibility index (Phi) is 7.30. The average Bonchev–Trinajstić information content (AvgIpc) is 2.62. The van der Waals surface area contributed by atoms with E-state index in [9.17, 15) is 9.59 Å². The van der Waals surface area contributed by atoms with E-state index >= 15 is 0 Å². The predicted octanol–water partition coefficient (Wildman–Crippen LogP) is 4.32. The van der Waals surface area contributed by atoms with Gasteiger partial charge in [0.25, 0.3) is 0 Å². The van der Waals surface area contributed by atoms with E-state index in [0.717, 1.165) is 27.5 Å². The molecule has 2 N–H and O–H groups in total. The zero-order chi connectivity index (χ0) is 20.0. The standard InChI is InChI=1S/C21H26N2O3S/c1-13-6-11-20(26-5)19(12-13)14(2)22-21(25)15(3)27-18-9-7-17(8-10-18)23-16(4)24/h6-12,14-15H,1-5H3,(H,22,25)(H,23,24). The van der Waals surface area contributed by atoms with Crippen LogP contribution in [0.1, 0.15) is 37.9 Å². The maximum Gasteiger partial charge on any atom is 0.233 e. The molecule has 0 aliphatic heterocycles. The van der Waals surface area contributed by atoms with Crippen molar-refractivity contribution >= 4 is 29.3 Å². The second kappa shape index (κ2) is 9.46. The van der Waals surface area contributed by atoms with Crippen molar-refractivity contribution in [3.63, 3.8) is 0 Å². The molecule has 2 amide bonds. The second-order valence-electron chi connectivity index (χ2n) is 6.44. The highest BCUT2D eigenvalue weighted by atomic mass is 32.2. The summed E-state index contributed by atoms with van der Waals surface area (Å²) in [6, 6.07) is 13.2. The molecule has 5 nitrogen and oxygen atoms in total. The lowest BCUT2D eigenvalue weighted by molar-refractivity contribution is -0.121. The van der Waals surface area contributed by atoms with Gasteiger partial charge in [0.05, 0.1) is 18.4 Å². The number of hydrogen-bond acceptors (Lipinski definition) is 4. The molecule has 0 spiro atoms. The van der Waals surface area contributed by atoms with Crippen LogP contribution in [0.15, 0.2) is 47.4 Å². The molecule has 144 valence electrons. The molecular formula is C21H26N2O3S. The number of anilines is 1. The van der Waals surface area contributed by atoms with Crippen molar-refractivity contribution in [2.75, 3.05) is 12.4 Å². The molecule has 0 fully saturated rings. The molecule has 0 saturated carbocycles. The Hall–Kier alpha value is -2.47. The molecule has 6 heteroatoms. The van der Waals surface area contributed by atoms with Crippen molar-refractivity contribution in [1.82, 2.24) is 5.32 Å². The topological polar surface area (TPSA) is 67.4 Å². The minimum atomic E-state index is -0.255. The van der Waals surface area contributed by atoms with Crippen molar-refractivity contribution < 1.29 is 14.3 Å². The number of hydrogen-bond donors (Lipinski definition) is 2. The molecule has 2 rings (SSSR count). The highest BCUT2D eigenvalue weighted by Crippen LogP contribution is 2.28. The van der Waals surface area contributed by atoms with E-state index in [1.165, 1.54) is 18.7 Å². The summed E-state index contributed by atoms with van der Waals surface area (Å²) in [4.78, 5) is 24.6. The van der Waals surface area contributed by atoms with Crippen LogP contribution in [0.5, 0.6) is 5.75 Å². The van der Waals surface area contributed by atoms with Gasteiger partial charge in [0.2, 0.25) is 11.8 Å². The van der Waals surface area contributed by atoms with Crippen LogP contribution in [-0.2, 0) is 9.59 Å². The minimum Gasteiger partial charge on any atom is -0.496 e. The zero-order valence-corrected chi connectivity index (χ0v) is 17.1. The van der Waals surface area contributed by atoms with Crippen LogP contribution in [0.25, 0.3) is 0 Å². The number of benzene rings is 2. The third-order valence-electron chi connectivity index (χ3n) is 4.07. The third-order valence-corrected chi connectivity index (χ3v) is 5.18. The molecule has 2 aromatic rings. The molecule has 0 aromatic heterocycles. The smallest absolute Gasteiger partial charge is 0.233 e. The monoisotopic (exact) mass is 386 g/mol. The summed E-state index contributed by atoms with van der Waals surface area (Å²) in [7, 11) is 1.63. The lowest BCUT2D eigenvalue weighted by Gasteiger charge is -2.20. The number of methoxy groups -OCH3 is 1. The Labute approximate surface area is 164 Å². The quantitative estimate of drug-likeness (QED) is 0.696. The van der Waals surface area contributed by atoms with Crippen LogP contribution >= 0.6 is 11.8 Å². The highest BCUT2D eigenvalue weighted by molar-refractivity contribution is 8.00. The molecule has 0 aliphatic rings. The number of amides is 2. The molecule has 2 atom stereocenters. The Bertz CT molecular complexity index is 806. The van der Waals surface area contributed by atoms with Gasteiger partial charge >= 0.3 is 0 Å². The van der Waals surface area contributed by atoms with Crippen molar-refractivity contribution in [2.24, 2.45) is 0 Å². The minimum absolute atomic E-state index is 0.0398. The molecule has 2 unspecified atom stereocenters. The van der Waals surface area contributed by atoms with Gasteiger partial charge in [-0.1, -0.05) is 17.7 Å². The zero-order valence-electron chi connectivity index (χ0n) is 16.3. The van der Waals surface area contributed by atoms with Crippen LogP contribution in [0.2, 0.25) is 0 Å².